The van der Waals surface area contributed by atoms with Gasteiger partial charge in [-0.25, -0.2) is 24.4 Å². The molecule has 2 saturated heterocycles. The monoisotopic (exact) mass is 630 g/mol. The zero-order valence-electron chi connectivity index (χ0n) is 26.4. The van der Waals surface area contributed by atoms with E-state index in [-0.39, 0.29) is 0 Å². The van der Waals surface area contributed by atoms with Crippen molar-refractivity contribution in [3.05, 3.63) is 78.1 Å². The summed E-state index contributed by atoms with van der Waals surface area (Å²) in [6, 6.07) is 12.0. The fraction of sp³-hybridized carbons (Fsp3) is 0.406. The van der Waals surface area contributed by atoms with Crippen molar-refractivity contribution in [1.29, 1.82) is 0 Å². The van der Waals surface area contributed by atoms with Crippen LogP contribution in [-0.2, 0) is 9.57 Å². The average Bonchev–Trinajstić information content (AvgIpc) is 3.62. The number of nitrogens with zero attached hydrogens (tertiary/aromatic N) is 8. The molecule has 3 aromatic heterocycles. The van der Waals surface area contributed by atoms with Crippen molar-refractivity contribution in [3.8, 4) is 16.9 Å². The fourth-order valence-corrected chi connectivity index (χ4v) is 5.76. The zero-order chi connectivity index (χ0) is 32.2. The van der Waals surface area contributed by atoms with Gasteiger partial charge < -0.3 is 19.9 Å². The van der Waals surface area contributed by atoms with Gasteiger partial charge in [0, 0.05) is 75.6 Å². The van der Waals surface area contributed by atoms with Crippen molar-refractivity contribution in [2.24, 2.45) is 0 Å². The smallest absolute Gasteiger partial charge is 0.320 e. The number of hydroxylamine groups is 2. The Bertz CT molecular complexity index is 1640. The van der Waals surface area contributed by atoms with Gasteiger partial charge in [-0.2, -0.15) is 14.6 Å². The number of halogens is 1. The second-order valence-corrected chi connectivity index (χ2v) is 11.6. The number of aromatic nitrogens is 5. The Morgan fingerprint density at radius 3 is 2.61 bits per heavy atom. The SMILES string of the molecule is COCCN1C[C@@H](NC(=O)Nc2c(C)c(-c3cnc(N4CCN(C)[C@H](C)C4)nc3)nn2-c2ccccc2)[C@H](c2ccnc(F)c2)O1. The first-order chi connectivity index (χ1) is 22.3. The maximum atomic E-state index is 14.0. The molecule has 13 nitrogen and oxygen atoms in total. The summed E-state index contributed by atoms with van der Waals surface area (Å²) >= 11 is 0. The molecule has 14 heteroatoms. The summed E-state index contributed by atoms with van der Waals surface area (Å²) < 4.78 is 20.9. The number of methoxy groups -OCH3 is 1. The van der Waals surface area contributed by atoms with E-state index >= 15 is 0 Å². The number of pyridine rings is 1. The van der Waals surface area contributed by atoms with E-state index in [1.165, 1.54) is 12.3 Å². The molecule has 0 spiro atoms. The highest BCUT2D eigenvalue weighted by Crippen LogP contribution is 2.32. The number of urea groups is 1. The molecule has 46 heavy (non-hydrogen) atoms. The summed E-state index contributed by atoms with van der Waals surface area (Å²) in [5, 5.41) is 12.7. The van der Waals surface area contributed by atoms with Crippen LogP contribution in [0.15, 0.2) is 61.1 Å². The first kappa shape index (κ1) is 31.5. The standard InChI is InChI=1S/C32H39FN10O3/c1-21-19-41(13-12-40(21)3)31-35-17-24(18-36-31)28-22(2)30(43(39-28)25-8-6-5-7-9-25)38-32(44)37-26-20-42(14-15-45-4)46-29(26)23-10-11-34-27(33)16-23/h5-11,16-18,21,26,29H,12-15,19-20H2,1-4H3,(H2,37,38,44)/t21-,26-,29+/m1/s1. The number of carbonyl (C=O) groups is 1. The number of piperazine rings is 1. The number of hydrogen-bond acceptors (Lipinski definition) is 10. The lowest BCUT2D eigenvalue weighted by atomic mass is 10.0. The van der Waals surface area contributed by atoms with Crippen molar-refractivity contribution >= 4 is 17.8 Å². The third-order valence-electron chi connectivity index (χ3n) is 8.48. The van der Waals surface area contributed by atoms with E-state index in [0.29, 0.717) is 48.8 Å². The lowest BCUT2D eigenvalue weighted by molar-refractivity contribution is -0.154. The van der Waals surface area contributed by atoms with Gasteiger partial charge in [0.25, 0.3) is 0 Å². The minimum absolute atomic E-state index is 0.378. The Labute approximate surface area is 267 Å². The number of amides is 2. The first-order valence-electron chi connectivity index (χ1n) is 15.3. The Balaban J connectivity index is 1.25. The van der Waals surface area contributed by atoms with E-state index in [1.54, 1.807) is 35.3 Å². The van der Waals surface area contributed by atoms with E-state index in [1.807, 2.05) is 37.3 Å². The average molecular weight is 631 g/mol. The molecule has 3 atom stereocenters. The molecular formula is C32H39FN10O3. The van der Waals surface area contributed by atoms with Gasteiger partial charge in [-0.05, 0) is 50.7 Å². The van der Waals surface area contributed by atoms with Crippen LogP contribution in [0, 0.1) is 12.9 Å². The van der Waals surface area contributed by atoms with E-state index in [0.717, 1.165) is 36.4 Å². The Morgan fingerprint density at radius 1 is 1.11 bits per heavy atom. The zero-order valence-corrected chi connectivity index (χ0v) is 26.4. The van der Waals surface area contributed by atoms with Crippen LogP contribution in [0.5, 0.6) is 0 Å². The molecule has 0 aliphatic carbocycles. The van der Waals surface area contributed by atoms with Gasteiger partial charge in [-0.1, -0.05) is 18.2 Å². The number of likely N-dealkylation sites (N-methyl/N-ethyl adjacent to an activating group) is 1. The topological polar surface area (TPSA) is 126 Å². The fourth-order valence-electron chi connectivity index (χ4n) is 5.76. The molecule has 6 rings (SSSR count). The van der Waals surface area contributed by atoms with Gasteiger partial charge >= 0.3 is 6.03 Å². The summed E-state index contributed by atoms with van der Waals surface area (Å²) in [5.41, 5.74) is 3.48. The maximum Gasteiger partial charge on any atom is 0.320 e. The molecule has 0 radical (unpaired) electrons. The second kappa shape index (κ2) is 13.9. The number of benzene rings is 1. The van der Waals surface area contributed by atoms with Crippen LogP contribution in [0.1, 0.15) is 24.2 Å². The van der Waals surface area contributed by atoms with Crippen LogP contribution in [0.2, 0.25) is 0 Å². The normalized spacial score (nSPS) is 20.6. The van der Waals surface area contributed by atoms with Gasteiger partial charge in [0.05, 0.1) is 18.3 Å². The van der Waals surface area contributed by atoms with Crippen LogP contribution >= 0.6 is 0 Å². The first-order valence-corrected chi connectivity index (χ1v) is 15.3. The molecule has 2 amide bonds. The van der Waals surface area contributed by atoms with Crippen molar-refractivity contribution < 1.29 is 18.8 Å². The van der Waals surface area contributed by atoms with E-state index in [4.69, 9.17) is 14.7 Å². The van der Waals surface area contributed by atoms with Gasteiger partial charge in [-0.3, -0.25) is 10.2 Å². The number of para-hydroxylation sites is 1. The van der Waals surface area contributed by atoms with Crippen molar-refractivity contribution in [3.63, 3.8) is 0 Å². The van der Waals surface area contributed by atoms with Gasteiger partial charge in [0.15, 0.2) is 0 Å². The van der Waals surface area contributed by atoms with Gasteiger partial charge in [0.1, 0.15) is 17.6 Å². The van der Waals surface area contributed by atoms with Crippen molar-refractivity contribution in [2.75, 3.05) is 63.7 Å². The summed E-state index contributed by atoms with van der Waals surface area (Å²) in [4.78, 5) is 37.2. The Morgan fingerprint density at radius 2 is 1.89 bits per heavy atom. The molecule has 4 aromatic rings. The quantitative estimate of drug-likeness (QED) is 0.266. The molecule has 2 aliphatic heterocycles. The predicted molar refractivity (Wildman–Crippen MR) is 171 cm³/mol. The number of anilines is 2. The highest BCUT2D eigenvalue weighted by Gasteiger charge is 2.37. The Hall–Kier alpha value is -4.50. The summed E-state index contributed by atoms with van der Waals surface area (Å²) in [7, 11) is 3.74. The van der Waals surface area contributed by atoms with Gasteiger partial charge in [0.2, 0.25) is 11.9 Å². The second-order valence-electron chi connectivity index (χ2n) is 11.6. The highest BCUT2D eigenvalue weighted by atomic mass is 19.1. The predicted octanol–water partition coefficient (Wildman–Crippen LogP) is 3.44. The molecule has 242 valence electrons. The van der Waals surface area contributed by atoms with Crippen molar-refractivity contribution in [2.45, 2.75) is 32.0 Å². The highest BCUT2D eigenvalue weighted by molar-refractivity contribution is 5.91. The summed E-state index contributed by atoms with van der Waals surface area (Å²) in [5.74, 6) is 0.561. The number of rotatable bonds is 9. The number of carbonyl (C=O) groups excluding carboxylic acids is 1. The molecule has 0 unspecified atom stereocenters. The minimum Gasteiger partial charge on any atom is -0.383 e. The van der Waals surface area contributed by atoms with E-state index < -0.39 is 24.1 Å². The minimum atomic E-state index is -0.621. The van der Waals surface area contributed by atoms with Crippen LogP contribution in [0.4, 0.5) is 21.0 Å². The molecule has 0 saturated carbocycles. The van der Waals surface area contributed by atoms with E-state index in [2.05, 4.69) is 49.4 Å². The molecule has 2 aliphatic rings. The summed E-state index contributed by atoms with van der Waals surface area (Å²) in [6.45, 7) is 8.06. The number of ether oxygens (including phenoxy) is 1. The largest absolute Gasteiger partial charge is 0.383 e. The molecule has 1 aromatic carbocycles. The molecular weight excluding hydrogens is 591 g/mol. The molecule has 5 heterocycles. The number of hydrogen-bond donors (Lipinski definition) is 2. The molecule has 2 fully saturated rings. The lowest BCUT2D eigenvalue weighted by Gasteiger charge is -2.37. The molecule has 0 bridgehead atoms. The van der Waals surface area contributed by atoms with Crippen LogP contribution in [0.3, 0.4) is 0 Å². The van der Waals surface area contributed by atoms with Crippen LogP contribution in [0.25, 0.3) is 16.9 Å². The lowest BCUT2D eigenvalue weighted by Crippen LogP contribution is -2.50. The van der Waals surface area contributed by atoms with E-state index in [9.17, 15) is 9.18 Å². The summed E-state index contributed by atoms with van der Waals surface area (Å²) in [6.07, 6.45) is 4.33. The van der Waals surface area contributed by atoms with Crippen LogP contribution in [-0.4, -0.2) is 106 Å². The molecule has 2 N–H and O–H groups in total. The maximum absolute atomic E-state index is 14.0. The number of nitrogens with one attached hydrogen (secondary N) is 2. The van der Waals surface area contributed by atoms with Crippen molar-refractivity contribution in [1.82, 2.24) is 40.0 Å². The third kappa shape index (κ3) is 6.84. The Kier molecular flexibility index (Phi) is 9.49. The van der Waals surface area contributed by atoms with Gasteiger partial charge in [-0.15, -0.1) is 0 Å². The van der Waals surface area contributed by atoms with Crippen LogP contribution < -0.4 is 15.5 Å². The third-order valence-corrected chi connectivity index (χ3v) is 8.48.